The van der Waals surface area contributed by atoms with E-state index in [4.69, 9.17) is 0 Å². The highest BCUT2D eigenvalue weighted by atomic mass is 32.1. The first-order valence-electron chi connectivity index (χ1n) is 5.15. The third-order valence-corrected chi connectivity index (χ3v) is 2.56. The van der Waals surface area contributed by atoms with Crippen LogP contribution in [0.15, 0.2) is 17.5 Å². The molecule has 1 aromatic rings. The Hall–Kier alpha value is -0.235. The van der Waals surface area contributed by atoms with Crippen LogP contribution >= 0.6 is 11.3 Å². The third-order valence-electron chi connectivity index (χ3n) is 1.26. The van der Waals surface area contributed by atoms with E-state index in [1.165, 1.54) is 4.88 Å². The van der Waals surface area contributed by atoms with Crippen LogP contribution in [0.1, 0.15) is 53.3 Å². The van der Waals surface area contributed by atoms with Crippen LogP contribution < -0.4 is 0 Å². The highest BCUT2D eigenvalue weighted by Crippen LogP contribution is 2.25. The Bertz CT molecular complexity index is 230. The van der Waals surface area contributed by atoms with Gasteiger partial charge in [0, 0.05) is 13.3 Å². The molecular formula is C13H24BS. The first-order valence-corrected chi connectivity index (χ1v) is 6.02. The van der Waals surface area contributed by atoms with Gasteiger partial charge in [0.05, 0.1) is 0 Å². The summed E-state index contributed by atoms with van der Waals surface area (Å²) in [4.78, 5) is 1.46. The van der Waals surface area contributed by atoms with Gasteiger partial charge in [-0.1, -0.05) is 54.5 Å². The van der Waals surface area contributed by atoms with Crippen molar-refractivity contribution in [2.75, 3.05) is 0 Å². The first-order chi connectivity index (χ1) is 6.11. The molecule has 0 aliphatic heterocycles. The summed E-state index contributed by atoms with van der Waals surface area (Å²) in [5.41, 5.74) is 0.841. The van der Waals surface area contributed by atoms with Gasteiger partial charge in [-0.2, -0.15) is 0 Å². The van der Waals surface area contributed by atoms with Crippen molar-refractivity contribution < 1.29 is 0 Å². The van der Waals surface area contributed by atoms with Gasteiger partial charge in [0.2, 0.25) is 0 Å². The molecule has 0 aliphatic carbocycles. The summed E-state index contributed by atoms with van der Waals surface area (Å²) >= 11 is 1.83. The van der Waals surface area contributed by atoms with Crippen molar-refractivity contribution in [3.8, 4) is 0 Å². The monoisotopic (exact) mass is 223 g/mol. The quantitative estimate of drug-likeness (QED) is 0.558. The van der Waals surface area contributed by atoms with E-state index in [9.17, 15) is 0 Å². The summed E-state index contributed by atoms with van der Waals surface area (Å²) in [5.74, 6) is 0. The Morgan fingerprint density at radius 2 is 1.33 bits per heavy atom. The number of hydrogen-bond acceptors (Lipinski definition) is 1. The van der Waals surface area contributed by atoms with E-state index in [-0.39, 0.29) is 8.41 Å². The van der Waals surface area contributed by atoms with Crippen molar-refractivity contribution in [2.24, 2.45) is 5.41 Å². The number of rotatable bonds is 0. The molecule has 0 spiro atoms. The van der Waals surface area contributed by atoms with Crippen LogP contribution in [0.3, 0.4) is 0 Å². The van der Waals surface area contributed by atoms with E-state index >= 15 is 0 Å². The fourth-order valence-corrected chi connectivity index (χ4v) is 1.52. The molecule has 85 valence electrons. The lowest BCUT2D eigenvalue weighted by atomic mass is 9.95. The minimum absolute atomic E-state index is 0. The van der Waals surface area contributed by atoms with E-state index in [1.54, 1.807) is 0 Å². The standard InChI is InChI=1S/C8H12S.C5H12.B/c1-8(2,3)7-5-4-6-9-7;1-5(2,3)4;/h4-6H,1-3H3;1-4H3;. The number of hydrogen-bond donors (Lipinski definition) is 0. The van der Waals surface area contributed by atoms with Gasteiger partial charge < -0.3 is 0 Å². The summed E-state index contributed by atoms with van der Waals surface area (Å²) < 4.78 is 0. The van der Waals surface area contributed by atoms with Gasteiger partial charge in [0.1, 0.15) is 0 Å². The predicted octanol–water partition coefficient (Wildman–Crippen LogP) is 4.72. The largest absolute Gasteiger partial charge is 0.148 e. The van der Waals surface area contributed by atoms with Gasteiger partial charge >= 0.3 is 0 Å². The van der Waals surface area contributed by atoms with Gasteiger partial charge in [0.25, 0.3) is 0 Å². The van der Waals surface area contributed by atoms with E-state index < -0.39 is 0 Å². The van der Waals surface area contributed by atoms with Gasteiger partial charge in [-0.05, 0) is 22.3 Å². The van der Waals surface area contributed by atoms with E-state index in [0.29, 0.717) is 10.8 Å². The normalized spacial score (nSPS) is 11.1. The van der Waals surface area contributed by atoms with Crippen molar-refractivity contribution in [1.82, 2.24) is 0 Å². The molecule has 0 fully saturated rings. The van der Waals surface area contributed by atoms with Crippen LogP contribution in [0.2, 0.25) is 0 Å². The number of thiophene rings is 1. The minimum Gasteiger partial charge on any atom is -0.148 e. The summed E-state index contributed by atoms with van der Waals surface area (Å²) in [6, 6.07) is 4.29. The molecule has 2 heteroatoms. The van der Waals surface area contributed by atoms with Crippen LogP contribution in [-0.4, -0.2) is 8.41 Å². The molecule has 0 aliphatic rings. The molecule has 1 heterocycles. The lowest BCUT2D eigenvalue weighted by Crippen LogP contribution is -2.07. The molecule has 1 aromatic heterocycles. The van der Waals surface area contributed by atoms with E-state index in [2.05, 4.69) is 66.0 Å². The summed E-state index contributed by atoms with van der Waals surface area (Å²) in [6.07, 6.45) is 0. The van der Waals surface area contributed by atoms with Crippen molar-refractivity contribution >= 4 is 19.7 Å². The van der Waals surface area contributed by atoms with Gasteiger partial charge in [0.15, 0.2) is 0 Å². The maximum atomic E-state index is 2.23. The fourth-order valence-electron chi connectivity index (χ4n) is 0.705. The van der Waals surface area contributed by atoms with Crippen molar-refractivity contribution in [3.05, 3.63) is 22.4 Å². The Labute approximate surface area is 102 Å². The molecule has 15 heavy (non-hydrogen) atoms. The van der Waals surface area contributed by atoms with Gasteiger partial charge in [-0.15, -0.1) is 11.3 Å². The second kappa shape index (κ2) is 6.37. The van der Waals surface area contributed by atoms with Crippen LogP contribution in [0, 0.1) is 5.41 Å². The van der Waals surface area contributed by atoms with Crippen LogP contribution in [-0.2, 0) is 5.41 Å². The zero-order valence-electron chi connectivity index (χ0n) is 11.2. The Morgan fingerprint density at radius 1 is 0.933 bits per heavy atom. The molecule has 0 amide bonds. The van der Waals surface area contributed by atoms with Gasteiger partial charge in [-0.3, -0.25) is 0 Å². The van der Waals surface area contributed by atoms with Crippen LogP contribution in [0.25, 0.3) is 0 Å². The Morgan fingerprint density at radius 3 is 1.47 bits per heavy atom. The molecule has 0 saturated heterocycles. The Kier molecular flexibility index (Phi) is 7.29. The van der Waals surface area contributed by atoms with E-state index in [1.807, 2.05) is 11.3 Å². The lowest BCUT2D eigenvalue weighted by Gasteiger charge is -2.14. The van der Waals surface area contributed by atoms with Crippen LogP contribution in [0.4, 0.5) is 0 Å². The smallest absolute Gasteiger partial charge is 0.00987 e. The van der Waals surface area contributed by atoms with Crippen molar-refractivity contribution in [1.29, 1.82) is 0 Å². The van der Waals surface area contributed by atoms with Crippen molar-refractivity contribution in [2.45, 2.75) is 53.9 Å². The maximum absolute atomic E-state index is 2.23. The summed E-state index contributed by atoms with van der Waals surface area (Å²) in [6.45, 7) is 15.5. The van der Waals surface area contributed by atoms with Crippen LogP contribution in [0.5, 0.6) is 0 Å². The second-order valence-corrected chi connectivity index (χ2v) is 7.17. The molecule has 0 saturated carbocycles. The summed E-state index contributed by atoms with van der Waals surface area (Å²) in [7, 11) is 0. The third kappa shape index (κ3) is 11.7. The van der Waals surface area contributed by atoms with Crippen molar-refractivity contribution in [3.63, 3.8) is 0 Å². The summed E-state index contributed by atoms with van der Waals surface area (Å²) in [5, 5.41) is 2.13. The minimum atomic E-state index is 0. The molecular weight excluding hydrogens is 199 g/mol. The molecule has 0 atom stereocenters. The topological polar surface area (TPSA) is 0 Å². The highest BCUT2D eigenvalue weighted by molar-refractivity contribution is 7.10. The Balaban J connectivity index is 0. The maximum Gasteiger partial charge on any atom is 0.00987 e. The molecule has 3 radical (unpaired) electrons. The zero-order valence-corrected chi connectivity index (χ0v) is 12.0. The molecule has 0 aromatic carbocycles. The second-order valence-electron chi connectivity index (χ2n) is 6.23. The average Bonchev–Trinajstić information content (AvgIpc) is 2.28. The predicted molar refractivity (Wildman–Crippen MR) is 73.9 cm³/mol. The fraction of sp³-hybridized carbons (Fsp3) is 0.692. The lowest BCUT2D eigenvalue weighted by molar-refractivity contribution is 0.469. The van der Waals surface area contributed by atoms with E-state index in [0.717, 1.165) is 0 Å². The molecule has 0 N–H and O–H groups in total. The van der Waals surface area contributed by atoms with Gasteiger partial charge in [-0.25, -0.2) is 0 Å². The first kappa shape index (κ1) is 17.2. The molecule has 1 rings (SSSR count). The molecule has 0 nitrogen and oxygen atoms in total. The SMILES string of the molecule is CC(C)(C)C.CC(C)(C)c1cccs1.[B]. The highest BCUT2D eigenvalue weighted by Gasteiger charge is 2.13. The molecule has 0 unspecified atom stereocenters. The molecule has 0 bridgehead atoms. The average molecular weight is 223 g/mol. The zero-order chi connectivity index (χ0) is 11.4.